The summed E-state index contributed by atoms with van der Waals surface area (Å²) in [5.41, 5.74) is 4.86. The molecule has 0 amide bonds. The lowest BCUT2D eigenvalue weighted by Crippen LogP contribution is -2.17. The van der Waals surface area contributed by atoms with E-state index in [-0.39, 0.29) is 40.5 Å². The van der Waals surface area contributed by atoms with E-state index in [2.05, 4.69) is 46.5 Å². The summed E-state index contributed by atoms with van der Waals surface area (Å²) in [5.74, 6) is 1.34. The number of ether oxygens (including phenoxy) is 2. The van der Waals surface area contributed by atoms with Crippen LogP contribution in [0.25, 0.3) is 32.0 Å². The zero-order chi connectivity index (χ0) is 33.0. The van der Waals surface area contributed by atoms with Gasteiger partial charge in [0.2, 0.25) is 0 Å². The highest BCUT2D eigenvalue weighted by molar-refractivity contribution is 7.92. The molecule has 0 spiro atoms. The average Bonchev–Trinajstić information content (AvgIpc) is 3.89. The zero-order valence-electron chi connectivity index (χ0n) is 27.2. The van der Waals surface area contributed by atoms with Crippen LogP contribution in [0, 0.1) is 11.8 Å². The van der Waals surface area contributed by atoms with Gasteiger partial charge in [0.15, 0.2) is 9.84 Å². The maximum Gasteiger partial charge on any atom is 0.414 e. The quantitative estimate of drug-likeness (QED) is 0.175. The number of hydrogen-bond acceptors (Lipinski definition) is 12. The van der Waals surface area contributed by atoms with Crippen molar-refractivity contribution in [2.24, 2.45) is 11.8 Å². The maximum absolute atomic E-state index is 14.2. The second kappa shape index (κ2) is 12.5. The van der Waals surface area contributed by atoms with Crippen molar-refractivity contribution in [1.82, 2.24) is 25.1 Å². The Balaban J connectivity index is 1.32. The lowest BCUT2D eigenvalue weighted by molar-refractivity contribution is 0.0639. The fourth-order valence-corrected chi connectivity index (χ4v) is 10.9. The van der Waals surface area contributed by atoms with Crippen LogP contribution < -0.4 is 10.1 Å². The van der Waals surface area contributed by atoms with Crippen LogP contribution >= 0.6 is 11.3 Å². The van der Waals surface area contributed by atoms with E-state index in [1.54, 1.807) is 6.20 Å². The van der Waals surface area contributed by atoms with Gasteiger partial charge in [-0.3, -0.25) is 9.97 Å². The SMILES string of the molecule is COc1nnc(-c2c(CCC3CCOCC3)nc3c(c2-c2cc4ccnc(N[C@H]5CCc6ncccc65)c4s2)S(=O)(=O)C[C@H]3C(C)C)o1. The molecule has 2 aliphatic heterocycles. The smallest absolute Gasteiger partial charge is 0.414 e. The van der Waals surface area contributed by atoms with E-state index < -0.39 is 9.84 Å². The second-order valence-corrected chi connectivity index (χ2v) is 16.3. The number of pyridine rings is 3. The number of anilines is 1. The van der Waals surface area contributed by atoms with Gasteiger partial charge in [0.05, 0.1) is 45.5 Å². The normalized spacial score (nSPS) is 20.3. The lowest BCUT2D eigenvalue weighted by Gasteiger charge is -2.23. The first kappa shape index (κ1) is 31.3. The monoisotopic (exact) mass is 686 g/mol. The van der Waals surface area contributed by atoms with Gasteiger partial charge in [-0.25, -0.2) is 13.4 Å². The Kier molecular flexibility index (Phi) is 8.16. The third kappa shape index (κ3) is 5.55. The van der Waals surface area contributed by atoms with E-state index in [1.165, 1.54) is 24.0 Å². The zero-order valence-corrected chi connectivity index (χ0v) is 28.9. The average molecular weight is 687 g/mol. The molecular formula is C35H38N6O5S2. The van der Waals surface area contributed by atoms with Gasteiger partial charge in [0.1, 0.15) is 5.82 Å². The van der Waals surface area contributed by atoms with Crippen LogP contribution in [0.1, 0.15) is 74.1 Å². The molecule has 1 N–H and O–H groups in total. The fourth-order valence-electron chi connectivity index (χ4n) is 7.45. The molecule has 7 heterocycles. The van der Waals surface area contributed by atoms with Crippen LogP contribution in [-0.2, 0) is 27.4 Å². The molecule has 1 aliphatic carbocycles. The van der Waals surface area contributed by atoms with Crippen molar-refractivity contribution in [3.63, 3.8) is 0 Å². The molecule has 250 valence electrons. The summed E-state index contributed by atoms with van der Waals surface area (Å²) in [6.07, 6.45) is 9.00. The number of aromatic nitrogens is 5. The number of nitrogens with one attached hydrogen (secondary N) is 1. The number of sulfone groups is 1. The highest BCUT2D eigenvalue weighted by atomic mass is 32.2. The minimum absolute atomic E-state index is 0.00750. The largest absolute Gasteiger partial charge is 0.452 e. The number of rotatable bonds is 9. The Hall–Kier alpha value is -3.94. The van der Waals surface area contributed by atoms with Crippen molar-refractivity contribution < 1.29 is 22.3 Å². The predicted octanol–water partition coefficient (Wildman–Crippen LogP) is 6.80. The highest BCUT2D eigenvalue weighted by Gasteiger charge is 2.43. The van der Waals surface area contributed by atoms with Crippen molar-refractivity contribution in [2.45, 2.75) is 69.2 Å². The van der Waals surface area contributed by atoms with E-state index in [0.29, 0.717) is 29.2 Å². The molecule has 13 heteroatoms. The van der Waals surface area contributed by atoms with Crippen LogP contribution in [0.4, 0.5) is 5.82 Å². The molecule has 11 nitrogen and oxygen atoms in total. The molecule has 5 aromatic rings. The first-order valence-corrected chi connectivity index (χ1v) is 19.1. The van der Waals surface area contributed by atoms with Gasteiger partial charge in [-0.05, 0) is 79.5 Å². The number of thiophene rings is 1. The second-order valence-electron chi connectivity index (χ2n) is 13.3. The first-order valence-electron chi connectivity index (χ1n) is 16.6. The van der Waals surface area contributed by atoms with Crippen molar-refractivity contribution in [3.05, 3.63) is 59.3 Å². The Morgan fingerprint density at radius 3 is 2.73 bits per heavy atom. The van der Waals surface area contributed by atoms with Gasteiger partial charge < -0.3 is 19.2 Å². The molecule has 1 fully saturated rings. The molecular weight excluding hydrogens is 649 g/mol. The summed E-state index contributed by atoms with van der Waals surface area (Å²) >= 11 is 1.52. The molecule has 0 saturated carbocycles. The third-order valence-electron chi connectivity index (χ3n) is 10.0. The van der Waals surface area contributed by atoms with Gasteiger partial charge in [-0.2, -0.15) is 0 Å². The fraction of sp³-hybridized carbons (Fsp3) is 0.457. The molecule has 0 radical (unpaired) electrons. The number of hydrogen-bond donors (Lipinski definition) is 1. The molecule has 3 aliphatic rings. The maximum atomic E-state index is 14.2. The van der Waals surface area contributed by atoms with Gasteiger partial charge >= 0.3 is 6.08 Å². The van der Waals surface area contributed by atoms with E-state index in [4.69, 9.17) is 23.9 Å². The van der Waals surface area contributed by atoms with Crippen LogP contribution in [0.15, 0.2) is 46.0 Å². The van der Waals surface area contributed by atoms with Crippen molar-refractivity contribution >= 4 is 37.1 Å². The molecule has 5 aromatic heterocycles. The third-order valence-corrected chi connectivity index (χ3v) is 13.0. The lowest BCUT2D eigenvalue weighted by atomic mass is 9.89. The summed E-state index contributed by atoms with van der Waals surface area (Å²) in [5, 5.41) is 13.1. The van der Waals surface area contributed by atoms with Gasteiger partial charge in [-0.15, -0.1) is 16.4 Å². The molecule has 0 aromatic carbocycles. The highest BCUT2D eigenvalue weighted by Crippen LogP contribution is 2.51. The summed E-state index contributed by atoms with van der Waals surface area (Å²) in [4.78, 5) is 15.6. The summed E-state index contributed by atoms with van der Waals surface area (Å²) < 4.78 is 46.2. The van der Waals surface area contributed by atoms with E-state index >= 15 is 0 Å². The molecule has 1 saturated heterocycles. The summed E-state index contributed by atoms with van der Waals surface area (Å²) in [7, 11) is -2.22. The standard InChI is InChI=1S/C35H38N6O5S2/c1-19(2)23-18-48(42,43)32-29(27-17-21-10-14-37-33(31(21)47-27)39-25-9-8-24-22(25)5-4-13-36-24)28(34-40-41-35(44-3)46-34)26(38-30(23)32)7-6-20-11-15-45-16-12-20/h4-5,10,13-14,17,19-20,23,25H,6-9,11-12,15-16,18H2,1-3H3,(H,37,39)/t23-,25-/m0/s1. The molecule has 0 unspecified atom stereocenters. The number of nitrogens with zero attached hydrogens (tertiary/aromatic N) is 5. The van der Waals surface area contributed by atoms with Crippen molar-refractivity contribution in [2.75, 3.05) is 31.4 Å². The Morgan fingerprint density at radius 2 is 1.94 bits per heavy atom. The van der Waals surface area contributed by atoms with Gasteiger partial charge in [0.25, 0.3) is 5.89 Å². The van der Waals surface area contributed by atoms with E-state index in [0.717, 1.165) is 77.5 Å². The van der Waals surface area contributed by atoms with Crippen molar-refractivity contribution in [3.8, 4) is 28.0 Å². The van der Waals surface area contributed by atoms with Crippen LogP contribution in [0.5, 0.6) is 6.08 Å². The Labute approximate surface area is 283 Å². The predicted molar refractivity (Wildman–Crippen MR) is 183 cm³/mol. The van der Waals surface area contributed by atoms with Crippen molar-refractivity contribution in [1.29, 1.82) is 0 Å². The van der Waals surface area contributed by atoms with Crippen LogP contribution in [-0.4, -0.2) is 59.6 Å². The van der Waals surface area contributed by atoms with E-state index in [1.807, 2.05) is 18.3 Å². The van der Waals surface area contributed by atoms with Crippen LogP contribution in [0.3, 0.4) is 0 Å². The number of methoxy groups -OCH3 is 1. The minimum Gasteiger partial charge on any atom is -0.452 e. The molecule has 2 atom stereocenters. The first-order chi connectivity index (χ1) is 23.3. The summed E-state index contributed by atoms with van der Waals surface area (Å²) in [6, 6.07) is 8.21. The topological polar surface area (TPSA) is 142 Å². The van der Waals surface area contributed by atoms with Crippen LogP contribution in [0.2, 0.25) is 0 Å². The Morgan fingerprint density at radius 1 is 1.08 bits per heavy atom. The number of fused-ring (bicyclic) bond motifs is 3. The van der Waals surface area contributed by atoms with E-state index in [9.17, 15) is 8.42 Å². The van der Waals surface area contributed by atoms with Gasteiger partial charge in [0, 0.05) is 47.7 Å². The number of aryl methyl sites for hydroxylation is 2. The Bertz CT molecular complexity index is 2100. The minimum atomic E-state index is -3.69. The molecule has 48 heavy (non-hydrogen) atoms. The molecule has 8 rings (SSSR count). The summed E-state index contributed by atoms with van der Waals surface area (Å²) in [6.45, 7) is 5.64. The molecule has 0 bridgehead atoms. The van der Waals surface area contributed by atoms with Gasteiger partial charge in [-0.1, -0.05) is 25.0 Å².